The summed E-state index contributed by atoms with van der Waals surface area (Å²) in [5.74, 6) is -0.0857. The van der Waals surface area contributed by atoms with Gasteiger partial charge < -0.3 is 25.7 Å². The van der Waals surface area contributed by atoms with E-state index in [-0.39, 0.29) is 11.5 Å². The number of aryl methyl sites for hydroxylation is 1. The largest absolute Gasteiger partial charge is 0.380 e. The average molecular weight is 520 g/mol. The molecule has 3 aromatic heterocycles. The smallest absolute Gasteiger partial charge is 0.271 e. The first-order chi connectivity index (χ1) is 17.9. The Kier molecular flexibility index (Phi) is 5.70. The van der Waals surface area contributed by atoms with Crippen LogP contribution < -0.4 is 16.4 Å². The van der Waals surface area contributed by atoms with Crippen LogP contribution >= 0.6 is 11.6 Å². The summed E-state index contributed by atoms with van der Waals surface area (Å²) < 4.78 is 7.21. The number of aromatic nitrogens is 5. The number of benzene rings is 1. The Hall–Kier alpha value is -3.80. The topological polar surface area (TPSA) is 136 Å². The van der Waals surface area contributed by atoms with Crippen LogP contribution in [0.3, 0.4) is 0 Å². The molecule has 1 spiro atoms. The highest BCUT2D eigenvalue weighted by Gasteiger charge is 2.48. The molecule has 0 saturated carbocycles. The molecule has 5 heterocycles. The Bertz CT molecular complexity index is 1520. The van der Waals surface area contributed by atoms with Crippen molar-refractivity contribution in [3.63, 3.8) is 0 Å². The van der Waals surface area contributed by atoms with E-state index in [0.29, 0.717) is 38.7 Å². The second-order valence-corrected chi connectivity index (χ2v) is 10.1. The quantitative estimate of drug-likeness (QED) is 0.336. The number of rotatable bonds is 7. The first kappa shape index (κ1) is 23.6. The molecule has 4 aromatic rings. The lowest BCUT2D eigenvalue weighted by Gasteiger charge is -2.55. The molecule has 0 radical (unpaired) electrons. The molecule has 2 fully saturated rings. The van der Waals surface area contributed by atoms with Crippen molar-refractivity contribution < 1.29 is 9.53 Å². The number of amides is 1. The van der Waals surface area contributed by atoms with Gasteiger partial charge in [0.2, 0.25) is 0 Å². The van der Waals surface area contributed by atoms with Gasteiger partial charge in [0.25, 0.3) is 5.91 Å². The molecule has 1 amide bonds. The van der Waals surface area contributed by atoms with Crippen LogP contribution in [0.2, 0.25) is 5.02 Å². The van der Waals surface area contributed by atoms with Gasteiger partial charge in [0.15, 0.2) is 17.3 Å². The zero-order chi connectivity index (χ0) is 25.7. The van der Waals surface area contributed by atoms with Crippen LogP contribution in [0.25, 0.3) is 22.3 Å². The van der Waals surface area contributed by atoms with E-state index in [9.17, 15) is 4.79 Å². The van der Waals surface area contributed by atoms with Crippen molar-refractivity contribution in [1.29, 1.82) is 0 Å². The molecule has 2 aliphatic heterocycles. The summed E-state index contributed by atoms with van der Waals surface area (Å²) in [6.45, 7) is 4.63. The second kappa shape index (κ2) is 8.94. The molecule has 6 rings (SSSR count). The summed E-state index contributed by atoms with van der Waals surface area (Å²) in [6, 6.07) is 5.80. The first-order valence-electron chi connectivity index (χ1n) is 11.9. The fraction of sp³-hybridized carbons (Fsp3) is 0.320. The van der Waals surface area contributed by atoms with Crippen LogP contribution in [0.1, 0.15) is 16.1 Å². The molecule has 4 N–H and O–H groups in total. The maximum Gasteiger partial charge on any atom is 0.271 e. The number of halogens is 1. The van der Waals surface area contributed by atoms with Crippen LogP contribution in [0.4, 0.5) is 17.3 Å². The highest BCUT2D eigenvalue weighted by molar-refractivity contribution is 6.33. The Morgan fingerprint density at radius 1 is 1.22 bits per heavy atom. The number of nitrogens with zero attached hydrogens (tertiary/aromatic N) is 6. The molecule has 190 valence electrons. The lowest BCUT2D eigenvalue weighted by Crippen LogP contribution is -2.65. The molecule has 12 heteroatoms. The third-order valence-electron chi connectivity index (χ3n) is 6.89. The van der Waals surface area contributed by atoms with Crippen molar-refractivity contribution >= 4 is 45.9 Å². The van der Waals surface area contributed by atoms with Crippen molar-refractivity contribution in [2.75, 3.05) is 44.0 Å². The van der Waals surface area contributed by atoms with Crippen LogP contribution in [0, 0.1) is 5.41 Å². The number of hydrogen-bond donors (Lipinski definition) is 3. The molecule has 1 aromatic carbocycles. The van der Waals surface area contributed by atoms with Crippen molar-refractivity contribution in [1.82, 2.24) is 29.4 Å². The lowest BCUT2D eigenvalue weighted by atomic mass is 9.78. The number of imidazole rings is 1. The molecule has 2 aliphatic rings. The normalized spacial score (nSPS) is 16.4. The predicted octanol–water partition coefficient (Wildman–Crippen LogP) is 2.80. The monoisotopic (exact) mass is 519 g/mol. The summed E-state index contributed by atoms with van der Waals surface area (Å²) >= 11 is 6.62. The molecular formula is C25H26ClN9O2. The van der Waals surface area contributed by atoms with Gasteiger partial charge in [0.05, 0.1) is 47.5 Å². The van der Waals surface area contributed by atoms with Gasteiger partial charge in [-0.2, -0.15) is 0 Å². The van der Waals surface area contributed by atoms with Crippen molar-refractivity contribution in [3.8, 4) is 11.3 Å². The third-order valence-corrected chi connectivity index (χ3v) is 7.20. The summed E-state index contributed by atoms with van der Waals surface area (Å²) in [6.07, 6.45) is 5.06. The molecule has 0 unspecified atom stereocenters. The van der Waals surface area contributed by atoms with Crippen LogP contribution in [0.15, 0.2) is 36.9 Å². The zero-order valence-corrected chi connectivity index (χ0v) is 21.2. The maximum atomic E-state index is 12.4. The van der Waals surface area contributed by atoms with E-state index < -0.39 is 5.91 Å². The van der Waals surface area contributed by atoms with E-state index in [1.807, 2.05) is 29.8 Å². The first-order valence-corrected chi connectivity index (χ1v) is 12.2. The minimum absolute atomic E-state index is 0.0179. The third kappa shape index (κ3) is 4.14. The molecular weight excluding hydrogens is 494 g/mol. The number of fused-ring (bicyclic) bond motifs is 1. The number of nitrogens with two attached hydrogens (primary N) is 1. The van der Waals surface area contributed by atoms with Gasteiger partial charge in [-0.1, -0.05) is 17.7 Å². The summed E-state index contributed by atoms with van der Waals surface area (Å²) in [4.78, 5) is 32.8. The Labute approximate surface area is 218 Å². The lowest BCUT2D eigenvalue weighted by molar-refractivity contribution is -0.191. The highest BCUT2D eigenvalue weighted by atomic mass is 35.5. The van der Waals surface area contributed by atoms with Gasteiger partial charge in [-0.05, 0) is 17.7 Å². The number of pyridine rings is 1. The molecule has 37 heavy (non-hydrogen) atoms. The Morgan fingerprint density at radius 3 is 2.70 bits per heavy atom. The second-order valence-electron chi connectivity index (χ2n) is 9.72. The molecule has 0 atom stereocenters. The van der Waals surface area contributed by atoms with Gasteiger partial charge >= 0.3 is 0 Å². The van der Waals surface area contributed by atoms with Crippen LogP contribution in [-0.4, -0.2) is 68.7 Å². The summed E-state index contributed by atoms with van der Waals surface area (Å²) in [5, 5.41) is 6.71. The number of hydrogen-bond acceptors (Lipinski definition) is 9. The van der Waals surface area contributed by atoms with E-state index >= 15 is 0 Å². The van der Waals surface area contributed by atoms with Gasteiger partial charge in [-0.3, -0.25) is 14.7 Å². The SMILES string of the molecule is CNc1nc(Nc2ccc(CN3CC4(COC4)C3)cc2Cl)c(C(N)=O)nc1-c1cncc2c1ncn2C. The standard InChI is InChI=1S/C25H26ClN9O2/c1-28-23-20(15-6-29-7-18-19(15)30-13-34(18)2)32-21(22(27)36)24(33-23)31-17-4-3-14(5-16(17)26)8-35-9-25(10-35)11-37-12-25/h3-7,13H,8-12H2,1-2H3,(H2,27,36)(H2,28,31,33). The number of nitrogens with one attached hydrogen (secondary N) is 2. The zero-order valence-electron chi connectivity index (χ0n) is 20.5. The Morgan fingerprint density at radius 2 is 2.03 bits per heavy atom. The van der Waals surface area contributed by atoms with Crippen LogP contribution in [0.5, 0.6) is 0 Å². The number of carbonyl (C=O) groups excluding carboxylic acids is 1. The van der Waals surface area contributed by atoms with E-state index in [1.54, 1.807) is 25.8 Å². The maximum absolute atomic E-state index is 12.4. The fourth-order valence-corrected chi connectivity index (χ4v) is 5.25. The van der Waals surface area contributed by atoms with Gasteiger partial charge in [0, 0.05) is 45.3 Å². The highest BCUT2D eigenvalue weighted by Crippen LogP contribution is 2.39. The summed E-state index contributed by atoms with van der Waals surface area (Å²) in [7, 11) is 3.61. The number of primary amides is 1. The number of likely N-dealkylation sites (tertiary alicyclic amines) is 1. The van der Waals surface area contributed by atoms with E-state index in [1.165, 1.54) is 0 Å². The molecule has 0 bridgehead atoms. The van der Waals surface area contributed by atoms with Crippen molar-refractivity contribution in [2.45, 2.75) is 6.54 Å². The van der Waals surface area contributed by atoms with Crippen molar-refractivity contribution in [3.05, 3.63) is 53.2 Å². The van der Waals surface area contributed by atoms with Gasteiger partial charge in [-0.25, -0.2) is 15.0 Å². The minimum Gasteiger partial charge on any atom is -0.380 e. The van der Waals surface area contributed by atoms with Crippen molar-refractivity contribution in [2.24, 2.45) is 18.2 Å². The number of carbonyl (C=O) groups is 1. The predicted molar refractivity (Wildman–Crippen MR) is 141 cm³/mol. The molecule has 2 saturated heterocycles. The van der Waals surface area contributed by atoms with Crippen LogP contribution in [-0.2, 0) is 18.3 Å². The van der Waals surface area contributed by atoms with Gasteiger partial charge in [-0.15, -0.1) is 0 Å². The molecule has 11 nitrogen and oxygen atoms in total. The number of ether oxygens (including phenoxy) is 1. The summed E-state index contributed by atoms with van der Waals surface area (Å²) in [5.41, 5.74) is 10.3. The Balaban J connectivity index is 1.30. The van der Waals surface area contributed by atoms with E-state index in [4.69, 9.17) is 22.1 Å². The van der Waals surface area contributed by atoms with Gasteiger partial charge in [0.1, 0.15) is 11.2 Å². The average Bonchev–Trinajstić information content (AvgIpc) is 3.22. The molecule has 0 aliphatic carbocycles. The minimum atomic E-state index is -0.723. The number of anilines is 3. The fourth-order valence-electron chi connectivity index (χ4n) is 5.00. The van der Waals surface area contributed by atoms with E-state index in [2.05, 4.69) is 35.5 Å². The van der Waals surface area contributed by atoms with E-state index in [0.717, 1.165) is 43.9 Å².